The van der Waals surface area contributed by atoms with Crippen LogP contribution in [0, 0.1) is 5.92 Å². The molecule has 4 heteroatoms. The molecule has 0 unspecified atom stereocenters. The zero-order chi connectivity index (χ0) is 12.3. The van der Waals surface area contributed by atoms with E-state index in [1.54, 1.807) is 0 Å². The van der Waals surface area contributed by atoms with E-state index >= 15 is 0 Å². The normalized spacial score (nSPS) is 21.9. The van der Waals surface area contributed by atoms with Crippen molar-refractivity contribution >= 4 is 6.03 Å². The zero-order valence-electron chi connectivity index (χ0n) is 11.1. The van der Waals surface area contributed by atoms with Gasteiger partial charge in [-0.15, -0.1) is 0 Å². The second kappa shape index (κ2) is 5.71. The van der Waals surface area contributed by atoms with E-state index in [0.717, 1.165) is 32.1 Å². The zero-order valence-corrected chi connectivity index (χ0v) is 11.1. The van der Waals surface area contributed by atoms with Crippen LogP contribution in [0.15, 0.2) is 0 Å². The molecule has 1 saturated heterocycles. The second-order valence-electron chi connectivity index (χ2n) is 5.73. The molecule has 1 aliphatic heterocycles. The SMILES string of the molecule is CC(C)CCN1CCN(C(=O)NC2CC2)CC1. The van der Waals surface area contributed by atoms with Crippen LogP contribution in [-0.4, -0.2) is 54.6 Å². The first-order valence-corrected chi connectivity index (χ1v) is 6.93. The Labute approximate surface area is 104 Å². The number of nitrogens with zero attached hydrogens (tertiary/aromatic N) is 2. The van der Waals surface area contributed by atoms with E-state index < -0.39 is 0 Å². The Balaban J connectivity index is 1.64. The highest BCUT2D eigenvalue weighted by Crippen LogP contribution is 2.19. The molecule has 0 atom stereocenters. The molecule has 98 valence electrons. The highest BCUT2D eigenvalue weighted by atomic mass is 16.2. The lowest BCUT2D eigenvalue weighted by molar-refractivity contribution is 0.135. The largest absolute Gasteiger partial charge is 0.335 e. The fourth-order valence-electron chi connectivity index (χ4n) is 2.11. The quantitative estimate of drug-likeness (QED) is 0.807. The van der Waals surface area contributed by atoms with Gasteiger partial charge in [-0.2, -0.15) is 0 Å². The summed E-state index contributed by atoms with van der Waals surface area (Å²) in [5.74, 6) is 0.770. The van der Waals surface area contributed by atoms with Gasteiger partial charge in [0.1, 0.15) is 0 Å². The Morgan fingerprint density at radius 3 is 2.41 bits per heavy atom. The minimum absolute atomic E-state index is 0.149. The van der Waals surface area contributed by atoms with Crippen LogP contribution in [0.2, 0.25) is 0 Å². The Morgan fingerprint density at radius 2 is 1.88 bits per heavy atom. The van der Waals surface area contributed by atoms with Gasteiger partial charge in [-0.05, 0) is 31.7 Å². The molecule has 1 saturated carbocycles. The number of carbonyl (C=O) groups is 1. The van der Waals surface area contributed by atoms with Crippen molar-refractivity contribution in [3.05, 3.63) is 0 Å². The summed E-state index contributed by atoms with van der Waals surface area (Å²) < 4.78 is 0. The van der Waals surface area contributed by atoms with Crippen LogP contribution in [0.25, 0.3) is 0 Å². The molecular formula is C13H25N3O. The van der Waals surface area contributed by atoms with E-state index in [2.05, 4.69) is 24.1 Å². The maximum Gasteiger partial charge on any atom is 0.317 e. The van der Waals surface area contributed by atoms with Crippen molar-refractivity contribution in [3.8, 4) is 0 Å². The van der Waals surface area contributed by atoms with E-state index in [1.807, 2.05) is 4.90 Å². The van der Waals surface area contributed by atoms with Crippen LogP contribution in [0.5, 0.6) is 0 Å². The molecule has 1 aliphatic carbocycles. The van der Waals surface area contributed by atoms with Crippen molar-refractivity contribution in [3.63, 3.8) is 0 Å². The lowest BCUT2D eigenvalue weighted by Gasteiger charge is -2.35. The monoisotopic (exact) mass is 239 g/mol. The molecule has 0 aromatic heterocycles. The number of hydrogen-bond acceptors (Lipinski definition) is 2. The van der Waals surface area contributed by atoms with Crippen molar-refractivity contribution in [2.24, 2.45) is 5.92 Å². The summed E-state index contributed by atoms with van der Waals surface area (Å²) in [5.41, 5.74) is 0. The molecule has 4 nitrogen and oxygen atoms in total. The van der Waals surface area contributed by atoms with Gasteiger partial charge in [0.2, 0.25) is 0 Å². The summed E-state index contributed by atoms with van der Waals surface area (Å²) in [7, 11) is 0. The summed E-state index contributed by atoms with van der Waals surface area (Å²) in [6, 6.07) is 0.623. The Bertz CT molecular complexity index is 255. The highest BCUT2D eigenvalue weighted by molar-refractivity contribution is 5.75. The maximum atomic E-state index is 11.8. The fourth-order valence-corrected chi connectivity index (χ4v) is 2.11. The van der Waals surface area contributed by atoms with Crippen molar-refractivity contribution in [1.82, 2.24) is 15.1 Å². The molecule has 17 heavy (non-hydrogen) atoms. The minimum Gasteiger partial charge on any atom is -0.335 e. The molecule has 0 radical (unpaired) electrons. The molecule has 2 amide bonds. The Kier molecular flexibility index (Phi) is 4.26. The predicted molar refractivity (Wildman–Crippen MR) is 69.0 cm³/mol. The van der Waals surface area contributed by atoms with Gasteiger partial charge < -0.3 is 10.2 Å². The Hall–Kier alpha value is -0.770. The standard InChI is InChI=1S/C13H25N3O/c1-11(2)5-6-15-7-9-16(10-8-15)13(17)14-12-3-4-12/h11-12H,3-10H2,1-2H3,(H,14,17). The maximum absolute atomic E-state index is 11.8. The van der Waals surface area contributed by atoms with Gasteiger partial charge in [0.05, 0.1) is 0 Å². The van der Waals surface area contributed by atoms with Gasteiger partial charge in [-0.3, -0.25) is 4.90 Å². The molecule has 0 aromatic carbocycles. The summed E-state index contributed by atoms with van der Waals surface area (Å²) in [4.78, 5) is 16.3. The van der Waals surface area contributed by atoms with Crippen molar-refractivity contribution in [2.45, 2.75) is 39.2 Å². The molecule has 1 heterocycles. The number of amides is 2. The molecule has 1 N–H and O–H groups in total. The van der Waals surface area contributed by atoms with E-state index in [4.69, 9.17) is 0 Å². The molecule has 2 aliphatic rings. The van der Waals surface area contributed by atoms with E-state index in [9.17, 15) is 4.79 Å². The first kappa shape index (κ1) is 12.7. The van der Waals surface area contributed by atoms with Crippen molar-refractivity contribution in [2.75, 3.05) is 32.7 Å². The van der Waals surface area contributed by atoms with Gasteiger partial charge in [-0.25, -0.2) is 4.79 Å². The molecule has 2 rings (SSSR count). The number of rotatable bonds is 4. The lowest BCUT2D eigenvalue weighted by atomic mass is 10.1. The lowest BCUT2D eigenvalue weighted by Crippen LogP contribution is -2.52. The van der Waals surface area contributed by atoms with Crippen molar-refractivity contribution in [1.29, 1.82) is 0 Å². The smallest absolute Gasteiger partial charge is 0.317 e. The number of carbonyl (C=O) groups excluding carboxylic acids is 1. The Morgan fingerprint density at radius 1 is 1.24 bits per heavy atom. The van der Waals surface area contributed by atoms with Crippen LogP contribution in [0.4, 0.5) is 4.79 Å². The third-order valence-corrected chi connectivity index (χ3v) is 3.59. The van der Waals surface area contributed by atoms with Gasteiger partial charge >= 0.3 is 6.03 Å². The summed E-state index contributed by atoms with van der Waals surface area (Å²) in [5, 5.41) is 3.06. The molecule has 0 spiro atoms. The van der Waals surface area contributed by atoms with E-state index in [0.29, 0.717) is 6.04 Å². The predicted octanol–water partition coefficient (Wildman–Crippen LogP) is 1.52. The average molecular weight is 239 g/mol. The third-order valence-electron chi connectivity index (χ3n) is 3.59. The van der Waals surface area contributed by atoms with Crippen LogP contribution in [0.1, 0.15) is 33.1 Å². The number of urea groups is 1. The van der Waals surface area contributed by atoms with E-state index in [-0.39, 0.29) is 6.03 Å². The second-order valence-corrected chi connectivity index (χ2v) is 5.73. The van der Waals surface area contributed by atoms with Crippen LogP contribution < -0.4 is 5.32 Å². The van der Waals surface area contributed by atoms with Gasteiger partial charge in [-0.1, -0.05) is 13.8 Å². The third kappa shape index (κ3) is 4.19. The minimum atomic E-state index is 0.149. The van der Waals surface area contributed by atoms with E-state index in [1.165, 1.54) is 25.8 Å². The molecule has 2 fully saturated rings. The number of piperazine rings is 1. The fraction of sp³-hybridized carbons (Fsp3) is 0.923. The first-order valence-electron chi connectivity index (χ1n) is 6.93. The van der Waals surface area contributed by atoms with Crippen LogP contribution in [0.3, 0.4) is 0 Å². The first-order chi connectivity index (χ1) is 8.15. The number of nitrogens with one attached hydrogen (secondary N) is 1. The topological polar surface area (TPSA) is 35.6 Å². The van der Waals surface area contributed by atoms with Crippen LogP contribution in [-0.2, 0) is 0 Å². The summed E-state index contributed by atoms with van der Waals surface area (Å²) >= 11 is 0. The van der Waals surface area contributed by atoms with Crippen LogP contribution >= 0.6 is 0 Å². The molecular weight excluding hydrogens is 214 g/mol. The molecule has 0 aromatic rings. The van der Waals surface area contributed by atoms with Gasteiger partial charge in [0.15, 0.2) is 0 Å². The van der Waals surface area contributed by atoms with Crippen molar-refractivity contribution < 1.29 is 4.79 Å². The van der Waals surface area contributed by atoms with Gasteiger partial charge in [0.25, 0.3) is 0 Å². The highest BCUT2D eigenvalue weighted by Gasteiger charge is 2.27. The average Bonchev–Trinajstić information content (AvgIpc) is 3.11. The van der Waals surface area contributed by atoms with Gasteiger partial charge in [0, 0.05) is 32.2 Å². The summed E-state index contributed by atoms with van der Waals surface area (Å²) in [6.45, 7) is 9.54. The number of hydrogen-bond donors (Lipinski definition) is 1. The summed E-state index contributed by atoms with van der Waals surface area (Å²) in [6.07, 6.45) is 3.59. The molecule has 0 bridgehead atoms.